The number of nitrogens with zero attached hydrogens (tertiary/aromatic N) is 1. The van der Waals surface area contributed by atoms with E-state index in [1.54, 1.807) is 7.11 Å². The van der Waals surface area contributed by atoms with Crippen LogP contribution in [-0.2, 0) is 0 Å². The minimum absolute atomic E-state index is 0.361. The molecule has 0 aliphatic rings. The van der Waals surface area contributed by atoms with Gasteiger partial charge in [-0.25, -0.2) is 0 Å². The third-order valence-electron chi connectivity index (χ3n) is 3.52. The van der Waals surface area contributed by atoms with Crippen LogP contribution in [0.4, 0.5) is 0 Å². The summed E-state index contributed by atoms with van der Waals surface area (Å²) >= 11 is 0. The summed E-state index contributed by atoms with van der Waals surface area (Å²) in [6.07, 6.45) is 1.19. The minimum atomic E-state index is 0.361. The van der Waals surface area contributed by atoms with Crippen molar-refractivity contribution < 1.29 is 4.74 Å². The maximum Gasteiger partial charge on any atom is 0.118 e. The second-order valence-electron chi connectivity index (χ2n) is 5.20. The quantitative estimate of drug-likeness (QED) is 0.781. The van der Waals surface area contributed by atoms with Crippen LogP contribution in [0.2, 0.25) is 0 Å². The third-order valence-corrected chi connectivity index (χ3v) is 3.52. The van der Waals surface area contributed by atoms with Crippen molar-refractivity contribution >= 4 is 0 Å². The van der Waals surface area contributed by atoms with Crippen molar-refractivity contribution in [3.63, 3.8) is 0 Å². The first-order valence-corrected chi connectivity index (χ1v) is 7.17. The first kappa shape index (κ1) is 16.0. The number of hydrogen-bond acceptors (Lipinski definition) is 3. The van der Waals surface area contributed by atoms with Gasteiger partial charge in [-0.1, -0.05) is 19.1 Å². The lowest BCUT2D eigenvalue weighted by atomic mass is 10.1. The summed E-state index contributed by atoms with van der Waals surface area (Å²) in [4.78, 5) is 2.52. The molecule has 1 aromatic carbocycles. The van der Waals surface area contributed by atoms with E-state index in [2.05, 4.69) is 43.1 Å². The van der Waals surface area contributed by atoms with Crippen molar-refractivity contribution in [2.75, 3.05) is 27.2 Å². The molecule has 3 heteroatoms. The Morgan fingerprint density at radius 1 is 1.21 bits per heavy atom. The zero-order valence-corrected chi connectivity index (χ0v) is 12.9. The number of rotatable bonds is 8. The summed E-state index contributed by atoms with van der Waals surface area (Å²) in [6.45, 7) is 8.93. The van der Waals surface area contributed by atoms with E-state index in [0.29, 0.717) is 12.1 Å². The van der Waals surface area contributed by atoms with Crippen LogP contribution in [0.25, 0.3) is 0 Å². The Labute approximate surface area is 118 Å². The predicted molar refractivity (Wildman–Crippen MR) is 81.8 cm³/mol. The molecule has 0 amide bonds. The van der Waals surface area contributed by atoms with Gasteiger partial charge in [0, 0.05) is 18.6 Å². The highest BCUT2D eigenvalue weighted by molar-refractivity contribution is 5.29. The summed E-state index contributed by atoms with van der Waals surface area (Å²) in [7, 11) is 3.73. The number of likely N-dealkylation sites (N-methyl/N-ethyl adjacent to an activating group) is 1. The molecule has 0 fully saturated rings. The smallest absolute Gasteiger partial charge is 0.118 e. The second-order valence-corrected chi connectivity index (χ2v) is 5.20. The molecule has 1 N–H and O–H groups in total. The van der Waals surface area contributed by atoms with Crippen molar-refractivity contribution in [2.24, 2.45) is 0 Å². The predicted octanol–water partition coefficient (Wildman–Crippen LogP) is 3.08. The lowest BCUT2D eigenvalue weighted by molar-refractivity contribution is 0.200. The van der Waals surface area contributed by atoms with E-state index < -0.39 is 0 Å². The van der Waals surface area contributed by atoms with Crippen molar-refractivity contribution in [3.05, 3.63) is 29.8 Å². The standard InChI is InChI=1S/C16H28N2O/c1-6-11-18(13(2)3)12-16(17-4)14-7-9-15(19-5)10-8-14/h7-10,13,16-17H,6,11-12H2,1-5H3. The molecule has 0 saturated heterocycles. The van der Waals surface area contributed by atoms with Gasteiger partial charge in [0.2, 0.25) is 0 Å². The van der Waals surface area contributed by atoms with E-state index in [9.17, 15) is 0 Å². The molecule has 0 aliphatic heterocycles. The molecular weight excluding hydrogens is 236 g/mol. The van der Waals surface area contributed by atoms with Crippen LogP contribution in [-0.4, -0.2) is 38.2 Å². The topological polar surface area (TPSA) is 24.5 Å². The van der Waals surface area contributed by atoms with Crippen molar-refractivity contribution in [1.82, 2.24) is 10.2 Å². The molecule has 19 heavy (non-hydrogen) atoms. The highest BCUT2D eigenvalue weighted by Crippen LogP contribution is 2.19. The number of hydrogen-bond donors (Lipinski definition) is 1. The van der Waals surface area contributed by atoms with Crippen LogP contribution >= 0.6 is 0 Å². The molecule has 0 aromatic heterocycles. The normalized spacial score (nSPS) is 13.0. The zero-order valence-electron chi connectivity index (χ0n) is 12.9. The fraction of sp³-hybridized carbons (Fsp3) is 0.625. The average molecular weight is 264 g/mol. The first-order chi connectivity index (χ1) is 9.12. The molecule has 1 aromatic rings. The van der Waals surface area contributed by atoms with E-state index in [0.717, 1.165) is 18.8 Å². The Kier molecular flexibility index (Phi) is 6.89. The van der Waals surface area contributed by atoms with Gasteiger partial charge in [0.05, 0.1) is 7.11 Å². The Morgan fingerprint density at radius 3 is 2.26 bits per heavy atom. The molecule has 108 valence electrons. The Morgan fingerprint density at radius 2 is 1.84 bits per heavy atom. The Hall–Kier alpha value is -1.06. The summed E-state index contributed by atoms with van der Waals surface area (Å²) in [6, 6.07) is 9.28. The molecule has 0 spiro atoms. The van der Waals surface area contributed by atoms with Gasteiger partial charge in [-0.15, -0.1) is 0 Å². The molecule has 3 nitrogen and oxygen atoms in total. The number of ether oxygens (including phenoxy) is 1. The fourth-order valence-corrected chi connectivity index (χ4v) is 2.28. The fourth-order valence-electron chi connectivity index (χ4n) is 2.28. The SMILES string of the molecule is CCCN(CC(NC)c1ccc(OC)cc1)C(C)C. The molecule has 0 saturated carbocycles. The van der Waals surface area contributed by atoms with E-state index in [1.807, 2.05) is 19.2 Å². The molecule has 1 unspecified atom stereocenters. The van der Waals surface area contributed by atoms with E-state index in [-0.39, 0.29) is 0 Å². The monoisotopic (exact) mass is 264 g/mol. The highest BCUT2D eigenvalue weighted by Gasteiger charge is 2.16. The van der Waals surface area contributed by atoms with Gasteiger partial charge in [0.25, 0.3) is 0 Å². The third kappa shape index (κ3) is 4.84. The van der Waals surface area contributed by atoms with Crippen molar-refractivity contribution in [2.45, 2.75) is 39.3 Å². The van der Waals surface area contributed by atoms with Gasteiger partial charge in [-0.2, -0.15) is 0 Å². The van der Waals surface area contributed by atoms with E-state index in [4.69, 9.17) is 4.74 Å². The summed E-state index contributed by atoms with van der Waals surface area (Å²) < 4.78 is 5.21. The molecule has 1 rings (SSSR count). The van der Waals surface area contributed by atoms with Gasteiger partial charge in [-0.3, -0.25) is 4.90 Å². The molecule has 1 atom stereocenters. The zero-order chi connectivity index (χ0) is 14.3. The second kappa shape index (κ2) is 8.18. The van der Waals surface area contributed by atoms with Crippen molar-refractivity contribution in [3.8, 4) is 5.75 Å². The van der Waals surface area contributed by atoms with E-state index >= 15 is 0 Å². The highest BCUT2D eigenvalue weighted by atomic mass is 16.5. The van der Waals surface area contributed by atoms with Crippen molar-refractivity contribution in [1.29, 1.82) is 0 Å². The summed E-state index contributed by atoms with van der Waals surface area (Å²) in [5, 5.41) is 3.42. The van der Waals surface area contributed by atoms with Crippen LogP contribution in [0.15, 0.2) is 24.3 Å². The molecule has 0 radical (unpaired) electrons. The van der Waals surface area contributed by atoms with Crippen LogP contribution in [0, 0.1) is 0 Å². The molecule has 0 bridgehead atoms. The minimum Gasteiger partial charge on any atom is -0.497 e. The molecular formula is C16H28N2O. The van der Waals surface area contributed by atoms with Crippen LogP contribution in [0.5, 0.6) is 5.75 Å². The van der Waals surface area contributed by atoms with Gasteiger partial charge in [0.1, 0.15) is 5.75 Å². The van der Waals surface area contributed by atoms with Gasteiger partial charge >= 0.3 is 0 Å². The van der Waals surface area contributed by atoms with E-state index in [1.165, 1.54) is 12.0 Å². The van der Waals surface area contributed by atoms with Crippen LogP contribution < -0.4 is 10.1 Å². The summed E-state index contributed by atoms with van der Waals surface area (Å²) in [5.41, 5.74) is 1.31. The maximum atomic E-state index is 5.21. The van der Waals surface area contributed by atoms with Gasteiger partial charge in [-0.05, 0) is 51.6 Å². The van der Waals surface area contributed by atoms with Crippen LogP contribution in [0.3, 0.4) is 0 Å². The van der Waals surface area contributed by atoms with Gasteiger partial charge < -0.3 is 10.1 Å². The lowest BCUT2D eigenvalue weighted by Gasteiger charge is -2.30. The molecule has 0 heterocycles. The van der Waals surface area contributed by atoms with Crippen LogP contribution in [0.1, 0.15) is 38.8 Å². The number of benzene rings is 1. The lowest BCUT2D eigenvalue weighted by Crippen LogP contribution is -2.38. The molecule has 0 aliphatic carbocycles. The number of methoxy groups -OCH3 is 1. The van der Waals surface area contributed by atoms with Gasteiger partial charge in [0.15, 0.2) is 0 Å². The maximum absolute atomic E-state index is 5.21. The Bertz CT molecular complexity index is 348. The Balaban J connectivity index is 2.74. The average Bonchev–Trinajstić information content (AvgIpc) is 2.43. The first-order valence-electron chi connectivity index (χ1n) is 7.17. The summed E-state index contributed by atoms with van der Waals surface area (Å²) in [5.74, 6) is 0.910. The number of nitrogens with one attached hydrogen (secondary N) is 1. The largest absolute Gasteiger partial charge is 0.497 e.